The van der Waals surface area contributed by atoms with Crippen LogP contribution in [-0.4, -0.2) is 38.7 Å². The molecule has 3 nitrogen and oxygen atoms in total. The molecule has 1 heterocycles. The van der Waals surface area contributed by atoms with Crippen molar-refractivity contribution in [3.05, 3.63) is 23.8 Å². The number of nitrogens with zero attached hydrogens (tertiary/aromatic N) is 1. The fourth-order valence-electron chi connectivity index (χ4n) is 2.24. The van der Waals surface area contributed by atoms with E-state index in [9.17, 15) is 0 Å². The number of hydrogen-bond acceptors (Lipinski definition) is 3. The van der Waals surface area contributed by atoms with Crippen LogP contribution in [0.4, 0.5) is 5.69 Å². The van der Waals surface area contributed by atoms with Crippen molar-refractivity contribution in [2.45, 2.75) is 18.9 Å². The quantitative estimate of drug-likeness (QED) is 0.843. The molecule has 0 amide bonds. The minimum atomic E-state index is 0.566. The zero-order valence-electron chi connectivity index (χ0n) is 10.3. The third-order valence-electron chi connectivity index (χ3n) is 3.02. The largest absolute Gasteiger partial charge is 0.497 e. The van der Waals surface area contributed by atoms with E-state index in [2.05, 4.69) is 36.4 Å². The van der Waals surface area contributed by atoms with Crippen LogP contribution in [0.1, 0.15) is 12.0 Å². The van der Waals surface area contributed by atoms with Crippen molar-refractivity contribution >= 4 is 5.69 Å². The van der Waals surface area contributed by atoms with E-state index in [-0.39, 0.29) is 0 Å². The molecule has 0 spiro atoms. The van der Waals surface area contributed by atoms with Crippen LogP contribution >= 0.6 is 0 Å². The van der Waals surface area contributed by atoms with Crippen molar-refractivity contribution in [2.75, 3.05) is 33.1 Å². The Bertz CT molecular complexity index is 363. The molecular formula is C13H20N2O. The summed E-state index contributed by atoms with van der Waals surface area (Å²) in [6.45, 7) is 1.09. The van der Waals surface area contributed by atoms with Gasteiger partial charge in [0.15, 0.2) is 0 Å². The van der Waals surface area contributed by atoms with Gasteiger partial charge in [-0.1, -0.05) is 0 Å². The highest BCUT2D eigenvalue weighted by Gasteiger charge is 2.18. The average Bonchev–Trinajstić information content (AvgIpc) is 2.27. The van der Waals surface area contributed by atoms with Gasteiger partial charge in [-0.05, 0) is 50.7 Å². The Hall–Kier alpha value is -1.22. The number of aryl methyl sites for hydroxylation is 1. The summed E-state index contributed by atoms with van der Waals surface area (Å²) in [5.74, 6) is 0.951. The molecule has 2 rings (SSSR count). The highest BCUT2D eigenvalue weighted by molar-refractivity contribution is 5.56. The smallest absolute Gasteiger partial charge is 0.119 e. The van der Waals surface area contributed by atoms with Gasteiger partial charge in [-0.3, -0.25) is 0 Å². The Morgan fingerprint density at radius 1 is 1.44 bits per heavy atom. The third-order valence-corrected chi connectivity index (χ3v) is 3.02. The number of benzene rings is 1. The van der Waals surface area contributed by atoms with Crippen LogP contribution in [0.15, 0.2) is 18.2 Å². The zero-order valence-corrected chi connectivity index (χ0v) is 10.3. The molecule has 0 fully saturated rings. The summed E-state index contributed by atoms with van der Waals surface area (Å²) in [4.78, 5) is 2.23. The van der Waals surface area contributed by atoms with Crippen LogP contribution in [0.2, 0.25) is 0 Å². The summed E-state index contributed by atoms with van der Waals surface area (Å²) < 4.78 is 5.24. The molecule has 0 radical (unpaired) electrons. The van der Waals surface area contributed by atoms with E-state index in [1.165, 1.54) is 17.7 Å². The Labute approximate surface area is 97.4 Å². The van der Waals surface area contributed by atoms with Crippen LogP contribution in [0.5, 0.6) is 5.75 Å². The minimum absolute atomic E-state index is 0.566. The fraction of sp³-hybridized carbons (Fsp3) is 0.538. The summed E-state index contributed by atoms with van der Waals surface area (Å²) >= 11 is 0. The van der Waals surface area contributed by atoms with E-state index in [0.29, 0.717) is 6.04 Å². The number of fused-ring (bicyclic) bond motifs is 1. The normalized spacial score (nSPS) is 19.1. The summed E-state index contributed by atoms with van der Waals surface area (Å²) in [6.07, 6.45) is 2.33. The molecule has 0 aromatic heterocycles. The number of likely N-dealkylation sites (N-methyl/N-ethyl adjacent to an activating group) is 1. The van der Waals surface area contributed by atoms with Crippen LogP contribution in [0.25, 0.3) is 0 Å². The average molecular weight is 220 g/mol. The van der Waals surface area contributed by atoms with Gasteiger partial charge >= 0.3 is 0 Å². The molecular weight excluding hydrogens is 200 g/mol. The molecule has 1 N–H and O–H groups in total. The molecule has 1 aromatic carbocycles. The first kappa shape index (κ1) is 11.3. The maximum Gasteiger partial charge on any atom is 0.119 e. The first-order valence-corrected chi connectivity index (χ1v) is 5.77. The standard InChI is InChI=1S/C13H20N2O/c1-15(2)9-11-5-4-10-8-12(16-3)6-7-13(10)14-11/h6-8,11,14H,4-5,9H2,1-3H3. The highest BCUT2D eigenvalue weighted by atomic mass is 16.5. The van der Waals surface area contributed by atoms with Crippen LogP contribution in [0.3, 0.4) is 0 Å². The van der Waals surface area contributed by atoms with Gasteiger partial charge in [0.2, 0.25) is 0 Å². The summed E-state index contributed by atoms with van der Waals surface area (Å²) in [7, 11) is 5.95. The molecule has 0 saturated carbocycles. The van der Waals surface area contributed by atoms with Gasteiger partial charge in [0.25, 0.3) is 0 Å². The molecule has 88 valence electrons. The molecule has 1 aliphatic rings. The van der Waals surface area contributed by atoms with E-state index >= 15 is 0 Å². The molecule has 1 aromatic rings. The Morgan fingerprint density at radius 2 is 2.25 bits per heavy atom. The molecule has 0 saturated heterocycles. The van der Waals surface area contributed by atoms with Crippen molar-refractivity contribution in [2.24, 2.45) is 0 Å². The van der Waals surface area contributed by atoms with Crippen LogP contribution in [0, 0.1) is 0 Å². The van der Waals surface area contributed by atoms with E-state index in [1.807, 2.05) is 6.07 Å². The second-order valence-corrected chi connectivity index (χ2v) is 4.67. The SMILES string of the molecule is COc1ccc2c(c1)CCC(CN(C)C)N2. The van der Waals surface area contributed by atoms with Gasteiger partial charge in [-0.2, -0.15) is 0 Å². The van der Waals surface area contributed by atoms with Gasteiger partial charge in [-0.25, -0.2) is 0 Å². The third kappa shape index (κ3) is 2.47. The second kappa shape index (κ2) is 4.74. The van der Waals surface area contributed by atoms with Gasteiger partial charge in [-0.15, -0.1) is 0 Å². The fourth-order valence-corrected chi connectivity index (χ4v) is 2.24. The van der Waals surface area contributed by atoms with E-state index in [0.717, 1.165) is 18.7 Å². The maximum atomic E-state index is 5.24. The first-order chi connectivity index (χ1) is 7.69. The number of hydrogen-bond donors (Lipinski definition) is 1. The van der Waals surface area contributed by atoms with Crippen LogP contribution < -0.4 is 10.1 Å². The lowest BCUT2D eigenvalue weighted by Crippen LogP contribution is -2.35. The summed E-state index contributed by atoms with van der Waals surface area (Å²) in [5.41, 5.74) is 2.63. The summed E-state index contributed by atoms with van der Waals surface area (Å²) in [6, 6.07) is 6.84. The maximum absolute atomic E-state index is 5.24. The van der Waals surface area contributed by atoms with Crippen molar-refractivity contribution in [3.8, 4) is 5.75 Å². The minimum Gasteiger partial charge on any atom is -0.497 e. The molecule has 16 heavy (non-hydrogen) atoms. The highest BCUT2D eigenvalue weighted by Crippen LogP contribution is 2.28. The Balaban J connectivity index is 2.09. The lowest BCUT2D eigenvalue weighted by Gasteiger charge is -2.29. The molecule has 1 unspecified atom stereocenters. The lowest BCUT2D eigenvalue weighted by molar-refractivity contribution is 0.371. The number of nitrogens with one attached hydrogen (secondary N) is 1. The predicted octanol–water partition coefficient (Wildman–Crippen LogP) is 1.98. The molecule has 1 atom stereocenters. The Morgan fingerprint density at radius 3 is 2.94 bits per heavy atom. The number of ether oxygens (including phenoxy) is 1. The number of anilines is 1. The molecule has 3 heteroatoms. The van der Waals surface area contributed by atoms with E-state index in [1.54, 1.807) is 7.11 Å². The van der Waals surface area contributed by atoms with Crippen molar-refractivity contribution in [1.82, 2.24) is 4.90 Å². The number of methoxy groups -OCH3 is 1. The zero-order chi connectivity index (χ0) is 11.5. The van der Waals surface area contributed by atoms with Crippen molar-refractivity contribution in [3.63, 3.8) is 0 Å². The molecule has 0 aliphatic carbocycles. The van der Waals surface area contributed by atoms with Crippen LogP contribution in [-0.2, 0) is 6.42 Å². The van der Waals surface area contributed by atoms with Gasteiger partial charge in [0.1, 0.15) is 5.75 Å². The summed E-state index contributed by atoms with van der Waals surface area (Å²) in [5, 5.41) is 3.58. The monoisotopic (exact) mass is 220 g/mol. The van der Waals surface area contributed by atoms with Gasteiger partial charge in [0, 0.05) is 18.3 Å². The topological polar surface area (TPSA) is 24.5 Å². The Kier molecular flexibility index (Phi) is 3.34. The van der Waals surface area contributed by atoms with Gasteiger partial charge < -0.3 is 15.0 Å². The van der Waals surface area contributed by atoms with Crippen molar-refractivity contribution < 1.29 is 4.74 Å². The molecule has 1 aliphatic heterocycles. The lowest BCUT2D eigenvalue weighted by atomic mass is 9.97. The first-order valence-electron chi connectivity index (χ1n) is 5.77. The van der Waals surface area contributed by atoms with Gasteiger partial charge in [0.05, 0.1) is 7.11 Å². The molecule has 0 bridgehead atoms. The van der Waals surface area contributed by atoms with Crippen molar-refractivity contribution in [1.29, 1.82) is 0 Å². The number of rotatable bonds is 3. The predicted molar refractivity (Wildman–Crippen MR) is 67.3 cm³/mol. The second-order valence-electron chi connectivity index (χ2n) is 4.67. The van der Waals surface area contributed by atoms with E-state index < -0.39 is 0 Å². The van der Waals surface area contributed by atoms with E-state index in [4.69, 9.17) is 4.74 Å².